The fraction of sp³-hybridized carbons (Fsp3) is 0.467. The number of nitrogens with one attached hydrogen (secondary N) is 3. The molecule has 4 N–H and O–H groups in total. The molecule has 4 aliphatic heterocycles. The van der Waals surface area contributed by atoms with Crippen molar-refractivity contribution < 1.29 is 37.5 Å². The lowest BCUT2D eigenvalue weighted by atomic mass is 9.59. The summed E-state index contributed by atoms with van der Waals surface area (Å²) in [5, 5.41) is 26.8. The Morgan fingerprint density at radius 2 is 1.76 bits per heavy atom. The van der Waals surface area contributed by atoms with Crippen LogP contribution in [0.25, 0.3) is 11.0 Å². The number of nitro benzene ring substituents is 1. The fourth-order valence-corrected chi connectivity index (χ4v) is 14.4. The Balaban J connectivity index is 0.809. The van der Waals surface area contributed by atoms with E-state index in [0.29, 0.717) is 73.9 Å². The monoisotopic (exact) mass is 1090 g/mol. The maximum atomic E-state index is 14.8. The van der Waals surface area contributed by atoms with Gasteiger partial charge in [-0.1, -0.05) is 50.2 Å². The molecule has 1 amide bonds. The first-order valence-electron chi connectivity index (χ1n) is 28.0. The maximum Gasteiger partial charge on any atom is 0.293 e. The predicted molar refractivity (Wildman–Crippen MR) is 303 cm³/mol. The third kappa shape index (κ3) is 10.5. The van der Waals surface area contributed by atoms with Gasteiger partial charge in [-0.3, -0.25) is 24.7 Å². The predicted octanol–water partition coefficient (Wildman–Crippen LogP) is 9.29. The van der Waals surface area contributed by atoms with Crippen molar-refractivity contribution in [2.75, 3.05) is 74.7 Å². The summed E-state index contributed by atoms with van der Waals surface area (Å²) < 4.78 is 48.7. The molecule has 0 radical (unpaired) electrons. The third-order valence-corrected chi connectivity index (χ3v) is 19.2. The van der Waals surface area contributed by atoms with Gasteiger partial charge in [0.1, 0.15) is 28.9 Å². The van der Waals surface area contributed by atoms with E-state index in [1.807, 2.05) is 49.5 Å². The summed E-state index contributed by atoms with van der Waals surface area (Å²) in [6.45, 7) is 13.0. The average Bonchev–Trinajstić information content (AvgIpc) is 4.04. The highest BCUT2D eigenvalue weighted by Gasteiger charge is 2.55. The van der Waals surface area contributed by atoms with Crippen LogP contribution >= 0.6 is 0 Å². The van der Waals surface area contributed by atoms with Gasteiger partial charge in [-0.2, -0.15) is 4.98 Å². The van der Waals surface area contributed by atoms with E-state index in [9.17, 15) is 28.4 Å². The molecular weight excluding hydrogens is 1020 g/mol. The minimum atomic E-state index is -4.64. The van der Waals surface area contributed by atoms with Gasteiger partial charge in [0, 0.05) is 93.3 Å². The highest BCUT2D eigenvalue weighted by atomic mass is 32.2. The summed E-state index contributed by atoms with van der Waals surface area (Å²) in [5.41, 5.74) is 6.03. The SMILES string of the molecule is COc1ccc(CN2CCN(C3CC4(C3)CN(c3ccc(C(=O)NS(=O)(=O)c5ccc(NC[C@H]6CC[C@](C)(O)CC6)c([N+](=O)[O-])c5)c(N5c6cc7cc[nH]c7nc6O[C@H]6COCC[C@@H]65)c3)C4)[C@H](c3ccccc3C(C)C)C2)cc1. The number of piperazine rings is 1. The Morgan fingerprint density at radius 1 is 0.975 bits per heavy atom. The number of aliphatic hydroxyl groups is 1. The number of sulfonamides is 1. The minimum Gasteiger partial charge on any atom is -0.497 e. The van der Waals surface area contributed by atoms with E-state index in [0.717, 1.165) is 87.8 Å². The molecule has 79 heavy (non-hydrogen) atoms. The number of ether oxygens (including phenoxy) is 3. The lowest BCUT2D eigenvalue weighted by molar-refractivity contribution is -0.384. The lowest BCUT2D eigenvalue weighted by Gasteiger charge is -2.63. The van der Waals surface area contributed by atoms with E-state index in [1.165, 1.54) is 28.8 Å². The van der Waals surface area contributed by atoms with Crippen molar-refractivity contribution in [1.29, 1.82) is 0 Å². The van der Waals surface area contributed by atoms with Crippen LogP contribution in [0.5, 0.6) is 11.6 Å². The first kappa shape index (κ1) is 52.9. The van der Waals surface area contributed by atoms with Crippen molar-refractivity contribution in [3.8, 4) is 11.6 Å². The number of pyridine rings is 1. The van der Waals surface area contributed by atoms with Gasteiger partial charge in [-0.25, -0.2) is 13.1 Å². The van der Waals surface area contributed by atoms with Crippen LogP contribution in [0.2, 0.25) is 0 Å². The topological polar surface area (TPSA) is 208 Å². The van der Waals surface area contributed by atoms with Crippen molar-refractivity contribution in [3.05, 3.63) is 136 Å². The molecule has 6 aliphatic rings. The number of hydrogen-bond donors (Lipinski definition) is 4. The maximum absolute atomic E-state index is 14.8. The number of aromatic amines is 1. The number of nitrogens with zero attached hydrogens (tertiary/aromatic N) is 6. The second-order valence-corrected chi connectivity index (χ2v) is 25.3. The zero-order chi connectivity index (χ0) is 54.8. The Labute approximate surface area is 461 Å². The number of carbonyl (C=O) groups is 1. The highest BCUT2D eigenvalue weighted by molar-refractivity contribution is 7.90. The minimum absolute atomic E-state index is 0.108. The number of benzene rings is 4. The van der Waals surface area contributed by atoms with Gasteiger partial charge in [-0.15, -0.1) is 0 Å². The summed E-state index contributed by atoms with van der Waals surface area (Å²) >= 11 is 0. The van der Waals surface area contributed by atoms with Crippen LogP contribution in [0.4, 0.5) is 28.4 Å². The number of amides is 1. The van der Waals surface area contributed by atoms with E-state index in [1.54, 1.807) is 13.2 Å². The molecular formula is C60H71N9O9S. The molecule has 1 spiro atoms. The second kappa shape index (κ2) is 21.0. The molecule has 0 unspecified atom stereocenters. The zero-order valence-electron chi connectivity index (χ0n) is 45.4. The molecule has 2 aliphatic carbocycles. The van der Waals surface area contributed by atoms with Crippen LogP contribution in [0, 0.1) is 21.4 Å². The Hall–Kier alpha value is -6.77. The molecule has 4 aromatic carbocycles. The van der Waals surface area contributed by atoms with Gasteiger partial charge in [0.05, 0.1) is 46.4 Å². The zero-order valence-corrected chi connectivity index (χ0v) is 46.2. The molecule has 12 rings (SSSR count). The molecule has 3 saturated heterocycles. The Bertz CT molecular complexity index is 3360. The standard InChI is InChI=1S/C60H71N9O9S/c1-38(2)46-7-5-6-8-47(46)54-34-65(33-40-9-12-44(76-4)13-10-40)24-25-67(54)43-30-60(31-43)36-66(37-60)42-11-15-48(51(28-42)68-50-20-26-77-35-55(50)78-58-53(68)27-41-19-23-61-56(41)63-58)57(70)64-79(74,75)45-14-16-49(52(29-45)69(72)73)62-32-39-17-21-59(3,71)22-18-39/h5-16,19,23,27-29,38-39,43,50,54-55,62,71H,17-18,20-22,24-26,30-37H2,1-4H3,(H,61,63)(H,64,70)/t39-,50-,54-,55-,59-/m0/s1. The molecule has 0 bridgehead atoms. The molecule has 19 heteroatoms. The number of methoxy groups -OCH3 is 1. The van der Waals surface area contributed by atoms with Crippen LogP contribution in [-0.4, -0.2) is 128 Å². The Morgan fingerprint density at radius 3 is 2.52 bits per heavy atom. The molecule has 6 aromatic rings. The number of hydrogen-bond acceptors (Lipinski definition) is 15. The van der Waals surface area contributed by atoms with Crippen molar-refractivity contribution >= 4 is 55.4 Å². The first-order valence-corrected chi connectivity index (χ1v) is 29.4. The lowest BCUT2D eigenvalue weighted by Crippen LogP contribution is -2.68. The van der Waals surface area contributed by atoms with Crippen LogP contribution < -0.4 is 29.3 Å². The fourth-order valence-electron chi connectivity index (χ4n) is 13.5. The number of aromatic nitrogens is 2. The summed E-state index contributed by atoms with van der Waals surface area (Å²) in [5.74, 6) is 0.926. The molecule has 416 valence electrons. The number of anilines is 4. The van der Waals surface area contributed by atoms with Crippen LogP contribution in [-0.2, 0) is 21.3 Å². The molecule has 2 saturated carbocycles. The summed E-state index contributed by atoms with van der Waals surface area (Å²) in [7, 11) is -2.94. The molecule has 18 nitrogen and oxygen atoms in total. The average molecular weight is 1090 g/mol. The van der Waals surface area contributed by atoms with Gasteiger partial charge < -0.3 is 39.4 Å². The van der Waals surface area contributed by atoms with Crippen molar-refractivity contribution in [2.24, 2.45) is 11.3 Å². The molecule has 2 aromatic heterocycles. The van der Waals surface area contributed by atoms with Crippen LogP contribution in [0.3, 0.4) is 0 Å². The van der Waals surface area contributed by atoms with E-state index >= 15 is 0 Å². The third-order valence-electron chi connectivity index (χ3n) is 17.8. The summed E-state index contributed by atoms with van der Waals surface area (Å²) in [4.78, 5) is 44.0. The van der Waals surface area contributed by atoms with Gasteiger partial charge in [0.25, 0.3) is 21.6 Å². The number of nitro groups is 1. The molecule has 3 atom stereocenters. The number of carbonyl (C=O) groups excluding carboxylic acids is 1. The van der Waals surface area contributed by atoms with Crippen molar-refractivity contribution in [1.82, 2.24) is 24.5 Å². The van der Waals surface area contributed by atoms with E-state index < -0.39 is 43.1 Å². The van der Waals surface area contributed by atoms with Gasteiger partial charge in [0.15, 0.2) is 0 Å². The van der Waals surface area contributed by atoms with Gasteiger partial charge in [-0.05, 0) is 135 Å². The highest BCUT2D eigenvalue weighted by Crippen LogP contribution is 2.54. The van der Waals surface area contributed by atoms with Gasteiger partial charge in [0.2, 0.25) is 5.88 Å². The van der Waals surface area contributed by atoms with Gasteiger partial charge >= 0.3 is 0 Å². The van der Waals surface area contributed by atoms with Crippen LogP contribution in [0.15, 0.2) is 108 Å². The molecule has 6 heterocycles. The normalized spacial score (nSPS) is 24.3. The summed E-state index contributed by atoms with van der Waals surface area (Å²) in [6, 6.07) is 30.9. The van der Waals surface area contributed by atoms with E-state index in [-0.39, 0.29) is 34.7 Å². The van der Waals surface area contributed by atoms with E-state index in [2.05, 4.69) is 84.9 Å². The van der Waals surface area contributed by atoms with Crippen LogP contribution in [0.1, 0.15) is 105 Å². The largest absolute Gasteiger partial charge is 0.497 e. The summed E-state index contributed by atoms with van der Waals surface area (Å²) in [6.07, 6.45) is 6.86. The Kier molecular flexibility index (Phi) is 14.1. The van der Waals surface area contributed by atoms with E-state index in [4.69, 9.17) is 19.2 Å². The number of H-pyrrole nitrogens is 1. The second-order valence-electron chi connectivity index (χ2n) is 23.6. The van der Waals surface area contributed by atoms with Crippen molar-refractivity contribution in [3.63, 3.8) is 0 Å². The van der Waals surface area contributed by atoms with Crippen molar-refractivity contribution in [2.45, 2.75) is 113 Å². The number of fused-ring (bicyclic) bond motifs is 3. The number of rotatable bonds is 15. The molecule has 5 fully saturated rings. The quantitative estimate of drug-likeness (QED) is 0.0558. The smallest absolute Gasteiger partial charge is 0.293 e. The first-order chi connectivity index (χ1) is 38.0.